The highest BCUT2D eigenvalue weighted by atomic mass is 19.4. The molecule has 0 aliphatic carbocycles. The molecule has 5 heteroatoms. The summed E-state index contributed by atoms with van der Waals surface area (Å²) >= 11 is 0. The van der Waals surface area contributed by atoms with Gasteiger partial charge in [-0.1, -0.05) is 31.9 Å². The summed E-state index contributed by atoms with van der Waals surface area (Å²) in [4.78, 5) is 10.3. The van der Waals surface area contributed by atoms with E-state index >= 15 is 0 Å². The van der Waals surface area contributed by atoms with Crippen molar-refractivity contribution in [3.05, 3.63) is 12.2 Å². The van der Waals surface area contributed by atoms with E-state index in [0.29, 0.717) is 6.42 Å². The number of hydrogen-bond donors (Lipinski definition) is 0. The number of hydrogen-bond acceptors (Lipinski definition) is 2. The normalized spacial score (nSPS) is 12.0. The molecule has 0 spiro atoms. The molecule has 94 valence electrons. The standard InChI is InChI=1S/C11H17F3O2/c1-2-3-4-5-6-7-8-9-16-10(15)11(12,13)14/h6-7H,2-5,8-9H2,1H3/b7-6-. The van der Waals surface area contributed by atoms with Crippen LogP contribution in [0.15, 0.2) is 12.2 Å². The Bertz CT molecular complexity index is 222. The van der Waals surface area contributed by atoms with Gasteiger partial charge in [-0.2, -0.15) is 13.2 Å². The first kappa shape index (κ1) is 15.0. The molecule has 0 radical (unpaired) electrons. The van der Waals surface area contributed by atoms with Gasteiger partial charge in [-0.15, -0.1) is 0 Å². The van der Waals surface area contributed by atoms with Crippen molar-refractivity contribution in [2.75, 3.05) is 6.61 Å². The van der Waals surface area contributed by atoms with Crippen LogP contribution >= 0.6 is 0 Å². The van der Waals surface area contributed by atoms with E-state index in [1.54, 1.807) is 6.08 Å². The fourth-order valence-corrected chi connectivity index (χ4v) is 1.05. The molecule has 2 nitrogen and oxygen atoms in total. The minimum absolute atomic E-state index is 0.220. The Morgan fingerprint density at radius 3 is 2.38 bits per heavy atom. The minimum atomic E-state index is -4.88. The summed E-state index contributed by atoms with van der Waals surface area (Å²) in [5.74, 6) is -2.12. The van der Waals surface area contributed by atoms with Crippen molar-refractivity contribution in [2.45, 2.75) is 45.2 Å². The van der Waals surface area contributed by atoms with Crippen LogP contribution in [0, 0.1) is 0 Å². The highest BCUT2D eigenvalue weighted by molar-refractivity contribution is 5.75. The lowest BCUT2D eigenvalue weighted by Gasteiger charge is -2.05. The summed E-state index contributed by atoms with van der Waals surface area (Å²) in [5.41, 5.74) is 0. The number of allylic oxidation sites excluding steroid dienone is 1. The average Bonchev–Trinajstić information content (AvgIpc) is 2.20. The molecule has 0 fully saturated rings. The van der Waals surface area contributed by atoms with Crippen LogP contribution in [0.3, 0.4) is 0 Å². The van der Waals surface area contributed by atoms with Gasteiger partial charge in [0.15, 0.2) is 0 Å². The summed E-state index contributed by atoms with van der Waals surface area (Å²) in [7, 11) is 0. The highest BCUT2D eigenvalue weighted by Crippen LogP contribution is 2.16. The van der Waals surface area contributed by atoms with Crippen molar-refractivity contribution >= 4 is 5.97 Å². The Morgan fingerprint density at radius 2 is 1.81 bits per heavy atom. The topological polar surface area (TPSA) is 26.3 Å². The zero-order valence-electron chi connectivity index (χ0n) is 9.35. The van der Waals surface area contributed by atoms with E-state index in [9.17, 15) is 18.0 Å². The predicted molar refractivity (Wildman–Crippen MR) is 54.9 cm³/mol. The number of ether oxygens (including phenoxy) is 1. The fraction of sp³-hybridized carbons (Fsp3) is 0.727. The number of halogens is 3. The SMILES string of the molecule is CCCCC/C=C\CCOC(=O)C(F)(F)F. The molecule has 0 amide bonds. The first-order valence-corrected chi connectivity index (χ1v) is 5.37. The maximum Gasteiger partial charge on any atom is 0.490 e. The third-order valence-electron chi connectivity index (χ3n) is 1.89. The summed E-state index contributed by atoms with van der Waals surface area (Å²) in [6.07, 6.45) is 3.36. The van der Waals surface area contributed by atoms with Gasteiger partial charge in [0.2, 0.25) is 0 Å². The van der Waals surface area contributed by atoms with Crippen LogP contribution in [0.5, 0.6) is 0 Å². The van der Waals surface area contributed by atoms with Gasteiger partial charge in [0.1, 0.15) is 0 Å². The van der Waals surface area contributed by atoms with Crippen molar-refractivity contribution in [3.8, 4) is 0 Å². The third kappa shape index (κ3) is 8.32. The Morgan fingerprint density at radius 1 is 1.19 bits per heavy atom. The van der Waals surface area contributed by atoms with Gasteiger partial charge in [-0.25, -0.2) is 4.79 Å². The van der Waals surface area contributed by atoms with Gasteiger partial charge < -0.3 is 4.74 Å². The number of esters is 1. The first-order valence-electron chi connectivity index (χ1n) is 5.37. The van der Waals surface area contributed by atoms with Crippen LogP contribution in [-0.4, -0.2) is 18.8 Å². The molecule has 0 rings (SSSR count). The lowest BCUT2D eigenvalue weighted by Crippen LogP contribution is -2.25. The summed E-state index contributed by atoms with van der Waals surface area (Å²) in [5, 5.41) is 0. The molecule has 0 atom stereocenters. The van der Waals surface area contributed by atoms with Gasteiger partial charge in [0.25, 0.3) is 0 Å². The summed E-state index contributed by atoms with van der Waals surface area (Å²) in [6.45, 7) is 1.88. The zero-order valence-corrected chi connectivity index (χ0v) is 9.35. The fourth-order valence-electron chi connectivity index (χ4n) is 1.05. The Balaban J connectivity index is 3.43. The minimum Gasteiger partial charge on any atom is -0.459 e. The first-order chi connectivity index (χ1) is 7.48. The number of alkyl halides is 3. The summed E-state index contributed by atoms with van der Waals surface area (Å²) < 4.78 is 39.0. The lowest BCUT2D eigenvalue weighted by atomic mass is 10.2. The lowest BCUT2D eigenvalue weighted by molar-refractivity contribution is -0.199. The molecule has 0 aromatic carbocycles. The molecule has 0 aromatic heterocycles. The molecule has 0 saturated carbocycles. The number of unbranched alkanes of at least 4 members (excludes halogenated alkanes) is 3. The van der Waals surface area contributed by atoms with Crippen molar-refractivity contribution in [2.24, 2.45) is 0 Å². The van der Waals surface area contributed by atoms with E-state index in [1.807, 2.05) is 6.08 Å². The van der Waals surface area contributed by atoms with Gasteiger partial charge in [-0.05, 0) is 19.3 Å². The van der Waals surface area contributed by atoms with Crippen molar-refractivity contribution < 1.29 is 22.7 Å². The van der Waals surface area contributed by atoms with E-state index in [0.717, 1.165) is 25.7 Å². The Labute approximate surface area is 93.5 Å². The van der Waals surface area contributed by atoms with Crippen molar-refractivity contribution in [1.29, 1.82) is 0 Å². The molecule has 0 unspecified atom stereocenters. The number of carbonyl (C=O) groups excluding carboxylic acids is 1. The Hall–Kier alpha value is -1.00. The maximum atomic E-state index is 11.7. The quantitative estimate of drug-likeness (QED) is 0.384. The smallest absolute Gasteiger partial charge is 0.459 e. The number of rotatable bonds is 7. The molecule has 0 aromatic rings. The van der Waals surface area contributed by atoms with E-state index in [2.05, 4.69) is 11.7 Å². The van der Waals surface area contributed by atoms with Gasteiger partial charge in [0, 0.05) is 0 Å². The monoisotopic (exact) mass is 238 g/mol. The zero-order chi connectivity index (χ0) is 12.4. The van der Waals surface area contributed by atoms with Crippen LogP contribution < -0.4 is 0 Å². The van der Waals surface area contributed by atoms with E-state index < -0.39 is 12.1 Å². The molecule has 0 aliphatic heterocycles. The largest absolute Gasteiger partial charge is 0.490 e. The van der Waals surface area contributed by atoms with Crippen molar-refractivity contribution in [3.63, 3.8) is 0 Å². The van der Waals surface area contributed by atoms with Crippen LogP contribution in [-0.2, 0) is 9.53 Å². The predicted octanol–water partition coefficient (Wildman–Crippen LogP) is 3.62. The van der Waals surface area contributed by atoms with Crippen LogP contribution in [0.4, 0.5) is 13.2 Å². The molecule has 0 saturated heterocycles. The van der Waals surface area contributed by atoms with Crippen LogP contribution in [0.1, 0.15) is 39.0 Å². The highest BCUT2D eigenvalue weighted by Gasteiger charge is 2.40. The van der Waals surface area contributed by atoms with Gasteiger partial charge in [-0.3, -0.25) is 0 Å². The molecular weight excluding hydrogens is 221 g/mol. The van der Waals surface area contributed by atoms with Gasteiger partial charge in [0.05, 0.1) is 6.61 Å². The van der Waals surface area contributed by atoms with Crippen LogP contribution in [0.25, 0.3) is 0 Å². The Kier molecular flexibility index (Phi) is 7.68. The second-order valence-electron chi connectivity index (χ2n) is 3.39. The second-order valence-corrected chi connectivity index (χ2v) is 3.39. The molecule has 0 N–H and O–H groups in total. The molecule has 0 aliphatic rings. The molecule has 16 heavy (non-hydrogen) atoms. The van der Waals surface area contributed by atoms with Crippen molar-refractivity contribution in [1.82, 2.24) is 0 Å². The second kappa shape index (κ2) is 8.19. The van der Waals surface area contributed by atoms with E-state index in [1.165, 1.54) is 0 Å². The van der Waals surface area contributed by atoms with E-state index in [4.69, 9.17) is 0 Å². The molecule has 0 heterocycles. The van der Waals surface area contributed by atoms with Gasteiger partial charge >= 0.3 is 12.1 Å². The van der Waals surface area contributed by atoms with E-state index in [-0.39, 0.29) is 6.61 Å². The molecule has 0 bridgehead atoms. The maximum absolute atomic E-state index is 11.7. The number of carbonyl (C=O) groups is 1. The average molecular weight is 238 g/mol. The molecular formula is C11H17F3O2. The third-order valence-corrected chi connectivity index (χ3v) is 1.89. The van der Waals surface area contributed by atoms with Crippen LogP contribution in [0.2, 0.25) is 0 Å². The summed E-state index contributed by atoms with van der Waals surface area (Å²) in [6, 6.07) is 0.